The summed E-state index contributed by atoms with van der Waals surface area (Å²) in [5.41, 5.74) is 2.53. The minimum atomic E-state index is -0.343. The Morgan fingerprint density at radius 1 is 1.30 bits per heavy atom. The molecule has 3 rings (SSSR count). The number of aromatic nitrogens is 1. The molecule has 2 aromatic rings. The van der Waals surface area contributed by atoms with Crippen molar-refractivity contribution in [2.24, 2.45) is 5.92 Å². The minimum absolute atomic E-state index is 0.00622. The van der Waals surface area contributed by atoms with E-state index >= 15 is 0 Å². The number of rotatable bonds is 4. The number of H-pyrrole nitrogens is 1. The van der Waals surface area contributed by atoms with E-state index in [-0.39, 0.29) is 18.6 Å². The third-order valence-electron chi connectivity index (χ3n) is 4.38. The van der Waals surface area contributed by atoms with Crippen molar-refractivity contribution in [2.45, 2.75) is 18.9 Å². The number of nitrogens with zero attached hydrogens (tertiary/aromatic N) is 1. The molecule has 1 saturated heterocycles. The van der Waals surface area contributed by atoms with Gasteiger partial charge in [-0.25, -0.2) is 0 Å². The maximum absolute atomic E-state index is 9.79. The van der Waals surface area contributed by atoms with Crippen LogP contribution < -0.4 is 0 Å². The Hall–Kier alpha value is -1.36. The molecule has 2 heterocycles. The lowest BCUT2D eigenvalue weighted by Gasteiger charge is -2.35. The first kappa shape index (κ1) is 13.6. The van der Waals surface area contributed by atoms with Crippen LogP contribution in [-0.4, -0.2) is 52.4 Å². The topological polar surface area (TPSA) is 59.5 Å². The number of aromatic amines is 1. The summed E-state index contributed by atoms with van der Waals surface area (Å²) in [5, 5.41) is 20.4. The van der Waals surface area contributed by atoms with Gasteiger partial charge in [0.2, 0.25) is 0 Å². The Morgan fingerprint density at radius 2 is 2.15 bits per heavy atom. The largest absolute Gasteiger partial charge is 0.396 e. The molecule has 4 heteroatoms. The fourth-order valence-corrected chi connectivity index (χ4v) is 3.09. The van der Waals surface area contributed by atoms with Crippen molar-refractivity contribution in [3.05, 3.63) is 36.0 Å². The molecular formula is C16H22N2O2. The molecule has 0 unspecified atom stereocenters. The van der Waals surface area contributed by atoms with Gasteiger partial charge in [-0.05, 0) is 24.5 Å². The van der Waals surface area contributed by atoms with Crippen molar-refractivity contribution < 1.29 is 10.2 Å². The summed E-state index contributed by atoms with van der Waals surface area (Å²) in [6.07, 6.45) is 3.51. The fourth-order valence-electron chi connectivity index (χ4n) is 3.09. The van der Waals surface area contributed by atoms with Crippen molar-refractivity contribution in [3.8, 4) is 0 Å². The Labute approximate surface area is 119 Å². The number of nitrogens with one attached hydrogen (secondary N) is 1. The molecule has 3 N–H and O–H groups in total. The van der Waals surface area contributed by atoms with Gasteiger partial charge in [-0.2, -0.15) is 0 Å². The van der Waals surface area contributed by atoms with Crippen LogP contribution in [0.3, 0.4) is 0 Å². The number of aliphatic hydroxyl groups is 2. The van der Waals surface area contributed by atoms with Crippen LogP contribution >= 0.6 is 0 Å². The zero-order valence-electron chi connectivity index (χ0n) is 11.6. The molecule has 0 spiro atoms. The lowest BCUT2D eigenvalue weighted by Crippen LogP contribution is -2.45. The van der Waals surface area contributed by atoms with Crippen LogP contribution in [0, 0.1) is 5.92 Å². The highest BCUT2D eigenvalue weighted by atomic mass is 16.3. The minimum Gasteiger partial charge on any atom is -0.396 e. The van der Waals surface area contributed by atoms with Crippen molar-refractivity contribution in [3.63, 3.8) is 0 Å². The quantitative estimate of drug-likeness (QED) is 0.789. The molecule has 1 aliphatic heterocycles. The molecule has 2 atom stereocenters. The van der Waals surface area contributed by atoms with Gasteiger partial charge in [-0.15, -0.1) is 0 Å². The van der Waals surface area contributed by atoms with Crippen LogP contribution in [0.1, 0.15) is 12.0 Å². The summed E-state index contributed by atoms with van der Waals surface area (Å²) in [4.78, 5) is 5.65. The lowest BCUT2D eigenvalue weighted by molar-refractivity contribution is 0.000961. The number of likely N-dealkylation sites (tertiary alicyclic amines) is 1. The number of aliphatic hydroxyl groups excluding tert-OH is 2. The maximum atomic E-state index is 9.79. The molecule has 0 bridgehead atoms. The van der Waals surface area contributed by atoms with E-state index in [1.54, 1.807) is 0 Å². The zero-order valence-corrected chi connectivity index (χ0v) is 11.6. The van der Waals surface area contributed by atoms with Crippen molar-refractivity contribution in [2.75, 3.05) is 26.2 Å². The standard InChI is InChI=1S/C16H22N2O2/c19-11-13-10-18(8-6-16(13)20)7-5-12-9-17-15-4-2-1-3-14(12)15/h1-4,9,13,16-17,19-20H,5-8,10-11H2/t13-,16-/m1/s1. The average Bonchev–Trinajstić information content (AvgIpc) is 2.90. The van der Waals surface area contributed by atoms with Crippen LogP contribution in [0.25, 0.3) is 10.9 Å². The first-order valence-corrected chi connectivity index (χ1v) is 7.34. The second-order valence-electron chi connectivity index (χ2n) is 5.71. The van der Waals surface area contributed by atoms with E-state index in [1.165, 1.54) is 16.5 Å². The van der Waals surface area contributed by atoms with Gasteiger partial charge >= 0.3 is 0 Å². The van der Waals surface area contributed by atoms with E-state index in [0.29, 0.717) is 0 Å². The van der Waals surface area contributed by atoms with Crippen LogP contribution in [0.5, 0.6) is 0 Å². The second-order valence-corrected chi connectivity index (χ2v) is 5.71. The van der Waals surface area contributed by atoms with Gasteiger partial charge in [0.25, 0.3) is 0 Å². The number of para-hydroxylation sites is 1. The van der Waals surface area contributed by atoms with E-state index in [2.05, 4.69) is 34.3 Å². The van der Waals surface area contributed by atoms with Crippen LogP contribution in [0.2, 0.25) is 0 Å². The third-order valence-corrected chi connectivity index (χ3v) is 4.38. The zero-order chi connectivity index (χ0) is 13.9. The summed E-state index contributed by atoms with van der Waals surface area (Å²) in [6, 6.07) is 8.36. The summed E-state index contributed by atoms with van der Waals surface area (Å²) in [7, 11) is 0. The molecule has 108 valence electrons. The van der Waals surface area contributed by atoms with E-state index in [9.17, 15) is 10.2 Å². The average molecular weight is 274 g/mol. The van der Waals surface area contributed by atoms with Gasteiger partial charge in [-0.3, -0.25) is 0 Å². The summed E-state index contributed by atoms with van der Waals surface area (Å²) in [5.74, 6) is 0.00622. The smallest absolute Gasteiger partial charge is 0.0614 e. The molecule has 1 aromatic carbocycles. The van der Waals surface area contributed by atoms with Gasteiger partial charge < -0.3 is 20.1 Å². The monoisotopic (exact) mass is 274 g/mol. The molecule has 4 nitrogen and oxygen atoms in total. The van der Waals surface area contributed by atoms with E-state index in [4.69, 9.17) is 0 Å². The van der Waals surface area contributed by atoms with Gasteiger partial charge in [0.1, 0.15) is 0 Å². The second kappa shape index (κ2) is 5.95. The fraction of sp³-hybridized carbons (Fsp3) is 0.500. The van der Waals surface area contributed by atoms with E-state index in [0.717, 1.165) is 32.5 Å². The van der Waals surface area contributed by atoms with Gasteiger partial charge in [0.15, 0.2) is 0 Å². The molecule has 20 heavy (non-hydrogen) atoms. The SMILES string of the molecule is OC[C@H]1CN(CCc2c[nH]c3ccccc23)CC[C@H]1O. The summed E-state index contributed by atoms with van der Waals surface area (Å²) < 4.78 is 0. The normalized spacial score (nSPS) is 24.3. The molecule has 0 radical (unpaired) electrons. The first-order valence-electron chi connectivity index (χ1n) is 7.34. The molecule has 0 amide bonds. The highest BCUT2D eigenvalue weighted by molar-refractivity contribution is 5.83. The van der Waals surface area contributed by atoms with Crippen molar-refractivity contribution in [1.82, 2.24) is 9.88 Å². The first-order chi connectivity index (χ1) is 9.78. The summed E-state index contributed by atoms with van der Waals surface area (Å²) in [6.45, 7) is 2.76. The number of benzene rings is 1. The van der Waals surface area contributed by atoms with Gasteiger partial charge in [0.05, 0.1) is 6.10 Å². The number of piperidine rings is 1. The number of fused-ring (bicyclic) bond motifs is 1. The number of hydrogen-bond donors (Lipinski definition) is 3. The summed E-state index contributed by atoms with van der Waals surface area (Å²) >= 11 is 0. The predicted molar refractivity (Wildman–Crippen MR) is 79.6 cm³/mol. The van der Waals surface area contributed by atoms with E-state index in [1.807, 2.05) is 6.07 Å². The molecule has 0 aliphatic carbocycles. The van der Waals surface area contributed by atoms with Crippen LogP contribution in [0.15, 0.2) is 30.5 Å². The van der Waals surface area contributed by atoms with Gasteiger partial charge in [-0.1, -0.05) is 18.2 Å². The Kier molecular flexibility index (Phi) is 4.05. The lowest BCUT2D eigenvalue weighted by atomic mass is 9.95. The van der Waals surface area contributed by atoms with Crippen LogP contribution in [-0.2, 0) is 6.42 Å². The van der Waals surface area contributed by atoms with E-state index < -0.39 is 0 Å². The Morgan fingerprint density at radius 3 is 3.00 bits per heavy atom. The molecule has 1 fully saturated rings. The van der Waals surface area contributed by atoms with Gasteiger partial charge in [0, 0.05) is 49.3 Å². The Balaban J connectivity index is 1.62. The maximum Gasteiger partial charge on any atom is 0.0614 e. The highest BCUT2D eigenvalue weighted by Crippen LogP contribution is 2.20. The van der Waals surface area contributed by atoms with Crippen LogP contribution in [0.4, 0.5) is 0 Å². The van der Waals surface area contributed by atoms with Crippen molar-refractivity contribution in [1.29, 1.82) is 0 Å². The third kappa shape index (κ3) is 2.73. The molecule has 0 saturated carbocycles. The number of hydrogen-bond acceptors (Lipinski definition) is 3. The molecular weight excluding hydrogens is 252 g/mol. The molecule has 1 aromatic heterocycles. The predicted octanol–water partition coefficient (Wildman–Crippen LogP) is 1.39. The molecule has 1 aliphatic rings. The highest BCUT2D eigenvalue weighted by Gasteiger charge is 2.26. The van der Waals surface area contributed by atoms with Crippen molar-refractivity contribution >= 4 is 10.9 Å². The Bertz CT molecular complexity index is 566.